The first-order valence-electron chi connectivity index (χ1n) is 15.1. The Labute approximate surface area is 268 Å². The third-order valence-corrected chi connectivity index (χ3v) is 8.26. The Morgan fingerprint density at radius 2 is 1.77 bits per heavy atom. The number of amides is 5. The molecule has 1 saturated heterocycles. The highest BCUT2D eigenvalue weighted by molar-refractivity contribution is 6.24. The van der Waals surface area contributed by atoms with Gasteiger partial charge in [0.25, 0.3) is 11.8 Å². The molecule has 2 unspecified atom stereocenters. The predicted octanol–water partition coefficient (Wildman–Crippen LogP) is 4.26. The van der Waals surface area contributed by atoms with E-state index in [0.29, 0.717) is 5.76 Å². The molecule has 11 nitrogen and oxygen atoms in total. The van der Waals surface area contributed by atoms with Crippen LogP contribution in [0, 0.1) is 0 Å². The number of ether oxygens (including phenoxy) is 1. The molecule has 7 rings (SSSR count). The van der Waals surface area contributed by atoms with Crippen LogP contribution < -0.4 is 15.4 Å². The number of nitrogens with one attached hydrogen (secondary N) is 2. The molecule has 47 heavy (non-hydrogen) atoms. The van der Waals surface area contributed by atoms with Crippen molar-refractivity contribution in [2.45, 2.75) is 38.0 Å². The van der Waals surface area contributed by atoms with E-state index < -0.39 is 35.7 Å². The zero-order valence-electron chi connectivity index (χ0n) is 25.0. The lowest BCUT2D eigenvalue weighted by Gasteiger charge is -2.27. The molecule has 1 fully saturated rings. The third kappa shape index (κ3) is 5.86. The Morgan fingerprint density at radius 3 is 2.53 bits per heavy atom. The number of hydrogen-bond donors (Lipinski definition) is 2. The first-order valence-corrected chi connectivity index (χ1v) is 15.1. The standard InChI is InChI=1S/C36H28N4O7/c41-30-15-14-26(34(43)39-30)40-35(44)25-7-3-9-28(32(25)36(40)45)46-20-22-12-10-21(11-13-22)17-31(42)38-33(24-6-4-16-37-19-24)29-18-23-5-1-2-8-27(23)47-29/h1-13,16,18-19,26,33H,14-15,17,20H2,(H,38,42)(H,39,41,43). The molecule has 3 aromatic carbocycles. The number of carbonyl (C=O) groups is 5. The highest BCUT2D eigenvalue weighted by Gasteiger charge is 2.46. The average Bonchev–Trinajstić information content (AvgIpc) is 3.62. The average molecular weight is 629 g/mol. The predicted molar refractivity (Wildman–Crippen MR) is 168 cm³/mol. The highest BCUT2D eigenvalue weighted by Crippen LogP contribution is 2.34. The molecule has 2 aromatic heterocycles. The summed E-state index contributed by atoms with van der Waals surface area (Å²) in [4.78, 5) is 68.7. The lowest BCUT2D eigenvalue weighted by Crippen LogP contribution is -2.54. The molecule has 234 valence electrons. The van der Waals surface area contributed by atoms with Gasteiger partial charge in [0, 0.05) is 29.8 Å². The van der Waals surface area contributed by atoms with Gasteiger partial charge in [0.05, 0.1) is 17.5 Å². The summed E-state index contributed by atoms with van der Waals surface area (Å²) in [5, 5.41) is 6.21. The Morgan fingerprint density at radius 1 is 0.957 bits per heavy atom. The summed E-state index contributed by atoms with van der Waals surface area (Å²) >= 11 is 0. The lowest BCUT2D eigenvalue weighted by molar-refractivity contribution is -0.136. The quantitative estimate of drug-likeness (QED) is 0.230. The van der Waals surface area contributed by atoms with Crippen molar-refractivity contribution >= 4 is 40.5 Å². The van der Waals surface area contributed by atoms with Gasteiger partial charge in [-0.15, -0.1) is 0 Å². The van der Waals surface area contributed by atoms with Gasteiger partial charge in [0.2, 0.25) is 17.7 Å². The second kappa shape index (κ2) is 12.4. The molecule has 4 heterocycles. The van der Waals surface area contributed by atoms with Gasteiger partial charge in [-0.05, 0) is 47.9 Å². The maximum absolute atomic E-state index is 13.3. The van der Waals surface area contributed by atoms with E-state index in [1.807, 2.05) is 66.7 Å². The normalized spacial score (nSPS) is 16.6. The summed E-state index contributed by atoms with van der Waals surface area (Å²) in [6.45, 7) is 0.0952. The number of carbonyl (C=O) groups excluding carboxylic acids is 5. The van der Waals surface area contributed by atoms with Gasteiger partial charge in [0.15, 0.2) is 0 Å². The molecular weight excluding hydrogens is 600 g/mol. The number of para-hydroxylation sites is 1. The maximum Gasteiger partial charge on any atom is 0.266 e. The van der Waals surface area contributed by atoms with Crippen LogP contribution in [-0.2, 0) is 27.4 Å². The van der Waals surface area contributed by atoms with Gasteiger partial charge < -0.3 is 14.5 Å². The second-order valence-electron chi connectivity index (χ2n) is 11.4. The Bertz CT molecular complexity index is 2000. The fourth-order valence-electron chi connectivity index (χ4n) is 5.93. The molecule has 2 aliphatic rings. The number of furan rings is 1. The fraction of sp³-hybridized carbons (Fsp3) is 0.167. The van der Waals surface area contributed by atoms with Crippen molar-refractivity contribution in [3.05, 3.63) is 131 Å². The molecule has 0 radical (unpaired) electrons. The molecule has 11 heteroatoms. The number of nitrogens with zero attached hydrogens (tertiary/aromatic N) is 2. The van der Waals surface area contributed by atoms with Gasteiger partial charge in [-0.2, -0.15) is 0 Å². The van der Waals surface area contributed by atoms with Gasteiger partial charge in [-0.3, -0.25) is 39.2 Å². The van der Waals surface area contributed by atoms with Crippen LogP contribution in [0.4, 0.5) is 0 Å². The SMILES string of the molecule is O=C1CCC(N2C(=O)c3cccc(OCc4ccc(CC(=O)NC(c5cccnc5)c5cc6ccccc6o5)cc4)c3C2=O)C(=O)N1. The Kier molecular flexibility index (Phi) is 7.78. The van der Waals surface area contributed by atoms with Crippen molar-refractivity contribution in [3.8, 4) is 5.75 Å². The zero-order chi connectivity index (χ0) is 32.5. The van der Waals surface area contributed by atoms with Crippen LogP contribution in [0.2, 0.25) is 0 Å². The van der Waals surface area contributed by atoms with E-state index in [1.165, 1.54) is 6.07 Å². The molecule has 0 spiro atoms. The largest absolute Gasteiger partial charge is 0.488 e. The molecule has 2 N–H and O–H groups in total. The van der Waals surface area contributed by atoms with Gasteiger partial charge in [-0.1, -0.05) is 54.6 Å². The van der Waals surface area contributed by atoms with E-state index in [-0.39, 0.29) is 48.7 Å². The third-order valence-electron chi connectivity index (χ3n) is 8.26. The monoisotopic (exact) mass is 628 g/mol. The molecule has 0 aliphatic carbocycles. The lowest BCUT2D eigenvalue weighted by atomic mass is 10.0. The molecule has 2 atom stereocenters. The van der Waals surface area contributed by atoms with Gasteiger partial charge >= 0.3 is 0 Å². The minimum Gasteiger partial charge on any atom is -0.488 e. The molecule has 2 aliphatic heterocycles. The Balaban J connectivity index is 1.01. The van der Waals surface area contributed by atoms with Crippen molar-refractivity contribution in [1.29, 1.82) is 0 Å². The number of rotatable bonds is 9. The molecule has 0 bridgehead atoms. The Hall–Kier alpha value is -6.10. The topological polar surface area (TPSA) is 148 Å². The summed E-state index contributed by atoms with van der Waals surface area (Å²) < 4.78 is 12.1. The van der Waals surface area contributed by atoms with E-state index in [4.69, 9.17) is 9.15 Å². The number of hydrogen-bond acceptors (Lipinski definition) is 8. The van der Waals surface area contributed by atoms with Crippen LogP contribution in [0.25, 0.3) is 11.0 Å². The maximum atomic E-state index is 13.3. The van der Waals surface area contributed by atoms with Gasteiger partial charge in [0.1, 0.15) is 35.8 Å². The minimum atomic E-state index is -1.06. The summed E-state index contributed by atoms with van der Waals surface area (Å²) in [5.74, 6) is -1.72. The van der Waals surface area contributed by atoms with Crippen molar-refractivity contribution in [1.82, 2.24) is 20.5 Å². The van der Waals surface area contributed by atoms with E-state index in [2.05, 4.69) is 15.6 Å². The van der Waals surface area contributed by atoms with Crippen LogP contribution in [0.1, 0.15) is 62.1 Å². The summed E-state index contributed by atoms with van der Waals surface area (Å²) in [5.41, 5.74) is 3.31. The second-order valence-corrected chi connectivity index (χ2v) is 11.4. The number of pyridine rings is 1. The molecule has 5 amide bonds. The first-order chi connectivity index (χ1) is 22.9. The van der Waals surface area contributed by atoms with Crippen LogP contribution in [0.5, 0.6) is 5.75 Å². The van der Waals surface area contributed by atoms with Crippen LogP contribution in [0.3, 0.4) is 0 Å². The number of aromatic nitrogens is 1. The number of fused-ring (bicyclic) bond motifs is 2. The highest BCUT2D eigenvalue weighted by atomic mass is 16.5. The first kappa shape index (κ1) is 29.6. The van der Waals surface area contributed by atoms with Crippen LogP contribution >= 0.6 is 0 Å². The molecular formula is C36H28N4O7. The number of benzene rings is 3. The number of piperidine rings is 1. The smallest absolute Gasteiger partial charge is 0.266 e. The van der Waals surface area contributed by atoms with Crippen molar-refractivity contribution in [3.63, 3.8) is 0 Å². The van der Waals surface area contributed by atoms with Crippen molar-refractivity contribution in [2.75, 3.05) is 0 Å². The van der Waals surface area contributed by atoms with Crippen LogP contribution in [-0.4, -0.2) is 45.5 Å². The van der Waals surface area contributed by atoms with Crippen molar-refractivity contribution < 1.29 is 33.1 Å². The summed E-state index contributed by atoms with van der Waals surface area (Å²) in [7, 11) is 0. The fourth-order valence-corrected chi connectivity index (χ4v) is 5.93. The number of imide groups is 2. The van der Waals surface area contributed by atoms with E-state index in [0.717, 1.165) is 32.6 Å². The molecule has 5 aromatic rings. The van der Waals surface area contributed by atoms with Crippen molar-refractivity contribution in [2.24, 2.45) is 0 Å². The summed E-state index contributed by atoms with van der Waals surface area (Å²) in [6.07, 6.45) is 3.60. The minimum absolute atomic E-state index is 0.0389. The zero-order valence-corrected chi connectivity index (χ0v) is 25.0. The van der Waals surface area contributed by atoms with Gasteiger partial charge in [-0.25, -0.2) is 0 Å². The van der Waals surface area contributed by atoms with Crippen LogP contribution in [0.15, 0.2) is 102 Å². The van der Waals surface area contributed by atoms with E-state index in [9.17, 15) is 24.0 Å². The van der Waals surface area contributed by atoms with E-state index in [1.54, 1.807) is 24.5 Å². The van der Waals surface area contributed by atoms with E-state index >= 15 is 0 Å². The summed E-state index contributed by atoms with van der Waals surface area (Å²) in [6, 6.07) is 23.7. The molecule has 0 saturated carbocycles.